The van der Waals surface area contributed by atoms with Crippen LogP contribution in [0, 0.1) is 0 Å². The van der Waals surface area contributed by atoms with E-state index in [0.717, 1.165) is 0 Å². The minimum Gasteiger partial charge on any atom is -0.457 e. The van der Waals surface area contributed by atoms with E-state index in [9.17, 15) is 4.79 Å². The number of carbonyl (C=O) groups excluding carboxylic acids is 1. The van der Waals surface area contributed by atoms with Crippen LogP contribution >= 0.6 is 0 Å². The fraction of sp³-hybridized carbons (Fsp3) is 0.889. The molecule has 0 bridgehead atoms. The van der Waals surface area contributed by atoms with E-state index in [1.807, 2.05) is 0 Å². The molecule has 0 aromatic heterocycles. The number of carbonyl (C=O) groups is 1. The molecule has 14 heavy (non-hydrogen) atoms. The quantitative estimate of drug-likeness (QED) is 0.602. The molecule has 3 atom stereocenters. The van der Waals surface area contributed by atoms with Crippen LogP contribution < -0.4 is 0 Å². The van der Waals surface area contributed by atoms with Crippen molar-refractivity contribution >= 4 is 5.97 Å². The molecule has 1 rings (SSSR count). The Labute approximate surface area is 83.3 Å². The van der Waals surface area contributed by atoms with Crippen LogP contribution in [-0.4, -0.2) is 52.2 Å². The fourth-order valence-electron chi connectivity index (χ4n) is 1.62. The molecule has 0 aliphatic carbocycles. The maximum Gasteiger partial charge on any atom is 0.308 e. The van der Waals surface area contributed by atoms with Crippen LogP contribution in [-0.2, 0) is 23.7 Å². The molecule has 0 saturated carbocycles. The average molecular weight is 204 g/mol. The lowest BCUT2D eigenvalue weighted by Crippen LogP contribution is -2.50. The summed E-state index contributed by atoms with van der Waals surface area (Å²) in [6, 6.07) is 0. The van der Waals surface area contributed by atoms with Gasteiger partial charge in [-0.3, -0.25) is 4.79 Å². The van der Waals surface area contributed by atoms with Gasteiger partial charge >= 0.3 is 5.97 Å². The van der Waals surface area contributed by atoms with Gasteiger partial charge in [0, 0.05) is 21.3 Å². The van der Waals surface area contributed by atoms with Gasteiger partial charge in [0.1, 0.15) is 6.10 Å². The van der Waals surface area contributed by atoms with Gasteiger partial charge in [-0.25, -0.2) is 0 Å². The Balaban J connectivity index is 2.65. The highest BCUT2D eigenvalue weighted by atomic mass is 16.6. The predicted molar refractivity (Wildman–Crippen MR) is 48.0 cm³/mol. The van der Waals surface area contributed by atoms with Gasteiger partial charge in [-0.05, 0) is 0 Å². The van der Waals surface area contributed by atoms with Gasteiger partial charge in [-0.15, -0.1) is 0 Å². The standard InChI is InChI=1S/C9H16O5/c1-11-5-7-9(13-3)6(12-2)4-8(10)14-7/h6-7,9H,4-5H2,1-3H3/t6-,7-,9+/m1/s1. The van der Waals surface area contributed by atoms with Crippen LogP contribution in [0.5, 0.6) is 0 Å². The van der Waals surface area contributed by atoms with Gasteiger partial charge in [0.25, 0.3) is 0 Å². The first-order valence-corrected chi connectivity index (χ1v) is 4.47. The molecule has 0 spiro atoms. The second-order valence-corrected chi connectivity index (χ2v) is 3.16. The third-order valence-electron chi connectivity index (χ3n) is 2.29. The molecular formula is C9H16O5. The van der Waals surface area contributed by atoms with Crippen LogP contribution in [0.4, 0.5) is 0 Å². The molecule has 0 N–H and O–H groups in total. The maximum atomic E-state index is 11.2. The van der Waals surface area contributed by atoms with Crippen LogP contribution in [0.1, 0.15) is 6.42 Å². The SMILES string of the molecule is COC[C@H]1OC(=O)C[C@@H](OC)[C@@H]1OC. The zero-order chi connectivity index (χ0) is 10.6. The Morgan fingerprint density at radius 2 is 2.07 bits per heavy atom. The fourth-order valence-corrected chi connectivity index (χ4v) is 1.62. The number of methoxy groups -OCH3 is 3. The highest BCUT2D eigenvalue weighted by Gasteiger charge is 2.39. The summed E-state index contributed by atoms with van der Waals surface area (Å²) in [7, 11) is 4.68. The summed E-state index contributed by atoms with van der Waals surface area (Å²) < 4.78 is 20.4. The van der Waals surface area contributed by atoms with Crippen LogP contribution in [0.15, 0.2) is 0 Å². The number of cyclic esters (lactones) is 1. The number of ether oxygens (including phenoxy) is 4. The smallest absolute Gasteiger partial charge is 0.308 e. The third-order valence-corrected chi connectivity index (χ3v) is 2.29. The van der Waals surface area contributed by atoms with Crippen molar-refractivity contribution in [3.05, 3.63) is 0 Å². The Hall–Kier alpha value is -0.650. The third kappa shape index (κ3) is 2.43. The molecule has 1 aliphatic heterocycles. The lowest BCUT2D eigenvalue weighted by molar-refractivity contribution is -0.191. The van der Waals surface area contributed by atoms with E-state index in [4.69, 9.17) is 18.9 Å². The molecule has 1 fully saturated rings. The molecular weight excluding hydrogens is 188 g/mol. The van der Waals surface area contributed by atoms with Gasteiger partial charge in [-0.2, -0.15) is 0 Å². The van der Waals surface area contributed by atoms with Crippen LogP contribution in [0.2, 0.25) is 0 Å². The summed E-state index contributed by atoms with van der Waals surface area (Å²) in [6.07, 6.45) is -0.648. The molecule has 1 heterocycles. The molecule has 0 unspecified atom stereocenters. The summed E-state index contributed by atoms with van der Waals surface area (Å²) in [4.78, 5) is 11.2. The van der Waals surface area contributed by atoms with Crippen molar-refractivity contribution in [2.24, 2.45) is 0 Å². The Bertz CT molecular complexity index is 194. The first kappa shape index (κ1) is 11.4. The van der Waals surface area contributed by atoms with E-state index in [0.29, 0.717) is 6.61 Å². The molecule has 1 saturated heterocycles. The number of rotatable bonds is 4. The Morgan fingerprint density at radius 3 is 2.57 bits per heavy atom. The van der Waals surface area contributed by atoms with Crippen molar-refractivity contribution in [3.8, 4) is 0 Å². The van der Waals surface area contributed by atoms with Crippen molar-refractivity contribution < 1.29 is 23.7 Å². The Morgan fingerprint density at radius 1 is 1.36 bits per heavy atom. The van der Waals surface area contributed by atoms with Gasteiger partial charge in [0.05, 0.1) is 19.1 Å². The highest BCUT2D eigenvalue weighted by molar-refractivity contribution is 5.71. The average Bonchev–Trinajstić information content (AvgIpc) is 2.17. The van der Waals surface area contributed by atoms with E-state index in [-0.39, 0.29) is 30.7 Å². The van der Waals surface area contributed by atoms with E-state index >= 15 is 0 Å². The Kier molecular flexibility index (Phi) is 4.31. The van der Waals surface area contributed by atoms with Crippen LogP contribution in [0.25, 0.3) is 0 Å². The minimum atomic E-state index is -0.379. The largest absolute Gasteiger partial charge is 0.457 e. The summed E-state index contributed by atoms with van der Waals surface area (Å²) >= 11 is 0. The van der Waals surface area contributed by atoms with Crippen LogP contribution in [0.3, 0.4) is 0 Å². The second kappa shape index (κ2) is 5.29. The molecule has 5 heteroatoms. The molecule has 5 nitrogen and oxygen atoms in total. The zero-order valence-corrected chi connectivity index (χ0v) is 8.69. The topological polar surface area (TPSA) is 54.0 Å². The zero-order valence-electron chi connectivity index (χ0n) is 8.69. The lowest BCUT2D eigenvalue weighted by atomic mass is 10.0. The molecule has 0 aromatic rings. The van der Waals surface area contributed by atoms with Gasteiger partial charge < -0.3 is 18.9 Å². The second-order valence-electron chi connectivity index (χ2n) is 3.16. The first-order valence-electron chi connectivity index (χ1n) is 4.47. The molecule has 0 radical (unpaired) electrons. The van der Waals surface area contributed by atoms with Crippen molar-refractivity contribution in [1.82, 2.24) is 0 Å². The van der Waals surface area contributed by atoms with E-state index < -0.39 is 0 Å². The summed E-state index contributed by atoms with van der Waals surface area (Å²) in [6.45, 7) is 0.324. The number of hydrogen-bond donors (Lipinski definition) is 0. The van der Waals surface area contributed by atoms with Gasteiger partial charge in [-0.1, -0.05) is 0 Å². The molecule has 0 aromatic carbocycles. The molecule has 82 valence electrons. The molecule has 0 amide bonds. The lowest BCUT2D eigenvalue weighted by Gasteiger charge is -2.34. The van der Waals surface area contributed by atoms with Gasteiger partial charge in [0.15, 0.2) is 6.10 Å². The first-order chi connectivity index (χ1) is 6.72. The van der Waals surface area contributed by atoms with E-state index in [2.05, 4.69) is 0 Å². The predicted octanol–water partition coefficient (Wildman–Crippen LogP) is -0.0217. The summed E-state index contributed by atoms with van der Waals surface area (Å²) in [5.41, 5.74) is 0. The van der Waals surface area contributed by atoms with Crippen molar-refractivity contribution in [1.29, 1.82) is 0 Å². The van der Waals surface area contributed by atoms with E-state index in [1.165, 1.54) is 0 Å². The number of esters is 1. The van der Waals surface area contributed by atoms with Crippen molar-refractivity contribution in [2.45, 2.75) is 24.7 Å². The normalized spacial score (nSPS) is 32.8. The minimum absolute atomic E-state index is 0.231. The molecule has 1 aliphatic rings. The highest BCUT2D eigenvalue weighted by Crippen LogP contribution is 2.20. The summed E-state index contributed by atoms with van der Waals surface area (Å²) in [5.74, 6) is -0.271. The monoisotopic (exact) mass is 204 g/mol. The number of hydrogen-bond acceptors (Lipinski definition) is 5. The van der Waals surface area contributed by atoms with Gasteiger partial charge in [0.2, 0.25) is 0 Å². The maximum absolute atomic E-state index is 11.2. The van der Waals surface area contributed by atoms with E-state index in [1.54, 1.807) is 21.3 Å². The van der Waals surface area contributed by atoms with Crippen molar-refractivity contribution in [3.63, 3.8) is 0 Å². The van der Waals surface area contributed by atoms with Crippen molar-refractivity contribution in [2.75, 3.05) is 27.9 Å². The summed E-state index contributed by atoms with van der Waals surface area (Å²) in [5, 5.41) is 0.